The molecule has 0 saturated carbocycles. The van der Waals surface area contributed by atoms with Crippen LogP contribution in [0.1, 0.15) is 110 Å². The van der Waals surface area contributed by atoms with Gasteiger partial charge in [0.05, 0.1) is 13.2 Å². The number of ether oxygens (including phenoxy) is 2. The molecule has 0 saturated heterocycles. The van der Waals surface area contributed by atoms with Crippen LogP contribution in [0, 0.1) is 11.6 Å². The van der Waals surface area contributed by atoms with Gasteiger partial charge in [-0.25, -0.2) is 8.78 Å². The molecule has 0 radical (unpaired) electrons. The van der Waals surface area contributed by atoms with Gasteiger partial charge in [0, 0.05) is 10.8 Å². The first-order valence-corrected chi connectivity index (χ1v) is 14.8. The van der Waals surface area contributed by atoms with Crippen molar-refractivity contribution in [1.82, 2.24) is 0 Å². The van der Waals surface area contributed by atoms with E-state index in [1.54, 1.807) is 24.3 Å². The van der Waals surface area contributed by atoms with Gasteiger partial charge in [-0.1, -0.05) is 109 Å². The number of benzene rings is 3. The Morgan fingerprint density at radius 2 is 0.757 bits per heavy atom. The van der Waals surface area contributed by atoms with Gasteiger partial charge in [-0.3, -0.25) is 0 Å². The Morgan fingerprint density at radius 1 is 0.432 bits per heavy atom. The molecule has 3 aromatic carbocycles. The van der Waals surface area contributed by atoms with Gasteiger partial charge < -0.3 is 9.47 Å². The van der Waals surface area contributed by atoms with Crippen molar-refractivity contribution in [3.8, 4) is 11.5 Å². The molecule has 2 nitrogen and oxygen atoms in total. The zero-order valence-corrected chi connectivity index (χ0v) is 23.1. The minimum Gasteiger partial charge on any atom is -0.490 e. The maximum absolute atomic E-state index is 15.2. The molecule has 0 heterocycles. The average Bonchev–Trinajstić information content (AvgIpc) is 2.91. The van der Waals surface area contributed by atoms with Gasteiger partial charge in [0.1, 0.15) is 0 Å². The van der Waals surface area contributed by atoms with Crippen LogP contribution in [0.4, 0.5) is 8.78 Å². The maximum Gasteiger partial charge on any atom is 0.172 e. The first kappa shape index (κ1) is 29.2. The van der Waals surface area contributed by atoms with Crippen molar-refractivity contribution in [3.05, 3.63) is 48.0 Å². The summed E-state index contributed by atoms with van der Waals surface area (Å²) < 4.78 is 41.9. The van der Waals surface area contributed by atoms with E-state index < -0.39 is 0 Å². The van der Waals surface area contributed by atoms with Gasteiger partial charge in [0.15, 0.2) is 23.1 Å². The molecule has 0 spiro atoms. The van der Waals surface area contributed by atoms with Gasteiger partial charge in [-0.05, 0) is 47.9 Å². The molecule has 0 aromatic heterocycles. The van der Waals surface area contributed by atoms with Gasteiger partial charge in [-0.15, -0.1) is 0 Å². The van der Waals surface area contributed by atoms with Crippen LogP contribution in [0.25, 0.3) is 21.5 Å². The second-order valence-corrected chi connectivity index (χ2v) is 10.3. The van der Waals surface area contributed by atoms with E-state index in [1.165, 1.54) is 70.6 Å². The highest BCUT2D eigenvalue weighted by Gasteiger charge is 2.15. The third-order valence-electron chi connectivity index (χ3n) is 7.26. The average molecular weight is 513 g/mol. The summed E-state index contributed by atoms with van der Waals surface area (Å²) in [5.74, 6) is -0.218. The lowest BCUT2D eigenvalue weighted by Crippen LogP contribution is -2.01. The molecule has 0 aliphatic rings. The third kappa shape index (κ3) is 8.86. The van der Waals surface area contributed by atoms with Crippen molar-refractivity contribution in [2.45, 2.75) is 110 Å². The highest BCUT2D eigenvalue weighted by molar-refractivity contribution is 6.08. The summed E-state index contributed by atoms with van der Waals surface area (Å²) in [4.78, 5) is 0. The SMILES string of the molecule is CCCCCCCCCCOc1ccc2c(ccc3c(F)c(OCCCCCCCCC)ccc32)c1F. The summed E-state index contributed by atoms with van der Waals surface area (Å²) in [6.45, 7) is 5.47. The van der Waals surface area contributed by atoms with Gasteiger partial charge in [-0.2, -0.15) is 0 Å². The lowest BCUT2D eigenvalue weighted by atomic mass is 10.0. The molecule has 0 amide bonds. The predicted molar refractivity (Wildman–Crippen MR) is 153 cm³/mol. The van der Waals surface area contributed by atoms with Crippen LogP contribution in [-0.2, 0) is 0 Å². The Kier molecular flexibility index (Phi) is 13.0. The van der Waals surface area contributed by atoms with Crippen LogP contribution in [0.2, 0.25) is 0 Å². The monoisotopic (exact) mass is 512 g/mol. The fraction of sp³-hybridized carbons (Fsp3) is 0.576. The van der Waals surface area contributed by atoms with E-state index in [4.69, 9.17) is 9.47 Å². The topological polar surface area (TPSA) is 18.5 Å². The minimum absolute atomic E-state index is 0.267. The van der Waals surface area contributed by atoms with E-state index in [0.29, 0.717) is 34.8 Å². The molecule has 0 bridgehead atoms. The zero-order valence-electron chi connectivity index (χ0n) is 23.1. The minimum atomic E-state index is -0.377. The second kappa shape index (κ2) is 16.5. The van der Waals surface area contributed by atoms with Crippen LogP contribution in [0.15, 0.2) is 36.4 Å². The van der Waals surface area contributed by atoms with Gasteiger partial charge >= 0.3 is 0 Å². The molecule has 3 aromatic rings. The summed E-state index contributed by atoms with van der Waals surface area (Å²) in [5, 5.41) is 2.28. The third-order valence-corrected chi connectivity index (χ3v) is 7.26. The molecule has 3 rings (SSSR count). The number of rotatable bonds is 19. The predicted octanol–water partition coefficient (Wildman–Crippen LogP) is 10.9. The quantitative estimate of drug-likeness (QED) is 0.117. The highest BCUT2D eigenvalue weighted by Crippen LogP contribution is 2.35. The van der Waals surface area contributed by atoms with Crippen molar-refractivity contribution in [2.75, 3.05) is 13.2 Å². The summed E-state index contributed by atoms with van der Waals surface area (Å²) in [7, 11) is 0. The maximum atomic E-state index is 15.2. The van der Waals surface area contributed by atoms with Crippen molar-refractivity contribution in [2.24, 2.45) is 0 Å². The molecule has 4 heteroatoms. The van der Waals surface area contributed by atoms with Crippen molar-refractivity contribution in [3.63, 3.8) is 0 Å². The summed E-state index contributed by atoms with van der Waals surface area (Å²) in [6.07, 6.45) is 18.0. The summed E-state index contributed by atoms with van der Waals surface area (Å²) in [5.41, 5.74) is 0. The Hall–Kier alpha value is -2.36. The van der Waals surface area contributed by atoms with E-state index in [-0.39, 0.29) is 23.1 Å². The summed E-state index contributed by atoms with van der Waals surface area (Å²) >= 11 is 0. The molecule has 0 fully saturated rings. The normalized spacial score (nSPS) is 11.5. The molecular weight excluding hydrogens is 466 g/mol. The molecule has 0 unspecified atom stereocenters. The second-order valence-electron chi connectivity index (χ2n) is 10.3. The smallest absolute Gasteiger partial charge is 0.172 e. The Labute approximate surface area is 222 Å². The lowest BCUT2D eigenvalue weighted by molar-refractivity contribution is 0.291. The fourth-order valence-corrected chi connectivity index (χ4v) is 4.99. The van der Waals surface area contributed by atoms with Crippen molar-refractivity contribution < 1.29 is 18.3 Å². The number of unbranched alkanes of at least 4 members (excludes halogenated alkanes) is 13. The van der Waals surface area contributed by atoms with Crippen LogP contribution in [-0.4, -0.2) is 13.2 Å². The molecule has 37 heavy (non-hydrogen) atoms. The lowest BCUT2D eigenvalue weighted by Gasteiger charge is -2.13. The van der Waals surface area contributed by atoms with Crippen LogP contribution in [0.5, 0.6) is 11.5 Å². The van der Waals surface area contributed by atoms with Crippen molar-refractivity contribution >= 4 is 21.5 Å². The first-order valence-electron chi connectivity index (χ1n) is 14.8. The van der Waals surface area contributed by atoms with E-state index >= 15 is 8.78 Å². The van der Waals surface area contributed by atoms with E-state index in [0.717, 1.165) is 25.7 Å². The molecular formula is C33H46F2O2. The number of halogens is 2. The Balaban J connectivity index is 1.53. The van der Waals surface area contributed by atoms with E-state index in [2.05, 4.69) is 13.8 Å². The highest BCUT2D eigenvalue weighted by atomic mass is 19.1. The first-order chi connectivity index (χ1) is 18.2. The van der Waals surface area contributed by atoms with Crippen molar-refractivity contribution in [1.29, 1.82) is 0 Å². The van der Waals surface area contributed by atoms with E-state index in [9.17, 15) is 0 Å². The summed E-state index contributed by atoms with van der Waals surface area (Å²) in [6, 6.07) is 10.3. The Bertz CT molecular complexity index is 1080. The number of fused-ring (bicyclic) bond motifs is 3. The fourth-order valence-electron chi connectivity index (χ4n) is 4.99. The zero-order chi connectivity index (χ0) is 26.3. The van der Waals surface area contributed by atoms with Gasteiger partial charge in [0.2, 0.25) is 0 Å². The molecule has 0 aliphatic carbocycles. The molecule has 204 valence electrons. The molecule has 0 N–H and O–H groups in total. The standard InChI is InChI=1S/C33H46F2O2/c1-3-5-7-9-11-13-15-17-25-37-31-23-21-27-26-20-22-30(36-24-16-14-12-10-8-6-4-2)32(34)28(26)18-19-29(27)33(31)35/h18-23H,3-17,24-25H2,1-2H3. The largest absolute Gasteiger partial charge is 0.490 e. The Morgan fingerprint density at radius 3 is 1.14 bits per heavy atom. The molecule has 0 atom stereocenters. The van der Waals surface area contributed by atoms with Crippen LogP contribution in [0.3, 0.4) is 0 Å². The van der Waals surface area contributed by atoms with Gasteiger partial charge in [0.25, 0.3) is 0 Å². The molecule has 0 aliphatic heterocycles. The van der Waals surface area contributed by atoms with Crippen LogP contribution < -0.4 is 9.47 Å². The number of hydrogen-bond acceptors (Lipinski definition) is 2. The van der Waals surface area contributed by atoms with E-state index in [1.807, 2.05) is 12.1 Å². The van der Waals surface area contributed by atoms with Crippen LogP contribution >= 0.6 is 0 Å². The number of hydrogen-bond donors (Lipinski definition) is 0.